The summed E-state index contributed by atoms with van der Waals surface area (Å²) in [5.41, 5.74) is 1.28. The number of carbonyl (C=O) groups is 1. The fourth-order valence-corrected chi connectivity index (χ4v) is 2.44. The van der Waals surface area contributed by atoms with Gasteiger partial charge in [0.25, 0.3) is 0 Å². The van der Waals surface area contributed by atoms with E-state index in [4.69, 9.17) is 0 Å². The van der Waals surface area contributed by atoms with Gasteiger partial charge < -0.3 is 0 Å². The van der Waals surface area contributed by atoms with Crippen LogP contribution >= 0.6 is 11.3 Å². The molecule has 0 aromatic carbocycles. The summed E-state index contributed by atoms with van der Waals surface area (Å²) < 4.78 is 0. The van der Waals surface area contributed by atoms with E-state index in [1.54, 1.807) is 11.3 Å². The number of aryl methyl sites for hydroxylation is 1. The van der Waals surface area contributed by atoms with Gasteiger partial charge in [0.05, 0.1) is 0 Å². The van der Waals surface area contributed by atoms with Crippen LogP contribution in [0.5, 0.6) is 0 Å². The molecule has 0 fully saturated rings. The summed E-state index contributed by atoms with van der Waals surface area (Å²) in [5.74, 6) is 0.405. The van der Waals surface area contributed by atoms with Crippen LogP contribution in [0.4, 0.5) is 0 Å². The van der Waals surface area contributed by atoms with Crippen molar-refractivity contribution in [2.75, 3.05) is 0 Å². The molecule has 0 radical (unpaired) electrons. The van der Waals surface area contributed by atoms with E-state index in [9.17, 15) is 4.79 Å². The molecule has 1 aromatic heterocycles. The van der Waals surface area contributed by atoms with E-state index < -0.39 is 0 Å². The van der Waals surface area contributed by atoms with E-state index in [1.165, 1.54) is 10.4 Å². The van der Waals surface area contributed by atoms with Gasteiger partial charge in [-0.25, -0.2) is 0 Å². The first-order chi connectivity index (χ1) is 5.36. The first kappa shape index (κ1) is 7.04. The van der Waals surface area contributed by atoms with E-state index >= 15 is 0 Å². The molecule has 1 nitrogen and oxygen atoms in total. The fourth-order valence-electron chi connectivity index (χ4n) is 1.49. The minimum atomic E-state index is 0.405. The summed E-state index contributed by atoms with van der Waals surface area (Å²) in [6.07, 6.45) is 3.62. The molecule has 2 rings (SSSR count). The monoisotopic (exact) mass is 166 g/mol. The maximum Gasteiger partial charge on any atom is 0.137 e. The van der Waals surface area contributed by atoms with Crippen LogP contribution in [0, 0.1) is 0 Å². The van der Waals surface area contributed by atoms with Gasteiger partial charge in [0.15, 0.2) is 0 Å². The smallest absolute Gasteiger partial charge is 0.137 e. The van der Waals surface area contributed by atoms with Crippen LogP contribution < -0.4 is 0 Å². The maximum absolute atomic E-state index is 11.1. The Hall–Kier alpha value is -0.630. The highest BCUT2D eigenvalue weighted by molar-refractivity contribution is 7.10. The second kappa shape index (κ2) is 2.78. The van der Waals surface area contributed by atoms with Gasteiger partial charge in [-0.05, 0) is 29.9 Å². The molecule has 11 heavy (non-hydrogen) atoms. The molecule has 0 atom stereocenters. The van der Waals surface area contributed by atoms with Crippen molar-refractivity contribution in [3.63, 3.8) is 0 Å². The number of hydrogen-bond donors (Lipinski definition) is 0. The second-order valence-corrected chi connectivity index (χ2v) is 3.94. The molecule has 0 saturated heterocycles. The van der Waals surface area contributed by atoms with Crippen LogP contribution in [0.15, 0.2) is 11.4 Å². The van der Waals surface area contributed by atoms with Crippen molar-refractivity contribution in [1.82, 2.24) is 0 Å². The van der Waals surface area contributed by atoms with Crippen LogP contribution in [0.3, 0.4) is 0 Å². The van der Waals surface area contributed by atoms with Crippen LogP contribution in [-0.4, -0.2) is 5.78 Å². The van der Waals surface area contributed by atoms with Crippen molar-refractivity contribution in [2.45, 2.75) is 25.7 Å². The highest BCUT2D eigenvalue weighted by Gasteiger charge is 2.13. The van der Waals surface area contributed by atoms with Gasteiger partial charge in [0.2, 0.25) is 0 Å². The van der Waals surface area contributed by atoms with Crippen LogP contribution in [0.1, 0.15) is 23.3 Å². The third-order valence-electron chi connectivity index (χ3n) is 2.08. The minimum absolute atomic E-state index is 0.405. The van der Waals surface area contributed by atoms with E-state index in [2.05, 4.69) is 11.4 Å². The van der Waals surface area contributed by atoms with E-state index in [1.807, 2.05) is 0 Å². The quantitative estimate of drug-likeness (QED) is 0.540. The summed E-state index contributed by atoms with van der Waals surface area (Å²) in [6.45, 7) is 0. The Morgan fingerprint density at radius 2 is 2.27 bits per heavy atom. The molecule has 0 amide bonds. The SMILES string of the molecule is O=C1CCCc2sccc2C1. The fraction of sp³-hybridized carbons (Fsp3) is 0.444. The average Bonchev–Trinajstić information content (AvgIpc) is 2.31. The molecular weight excluding hydrogens is 156 g/mol. The molecule has 1 aliphatic rings. The second-order valence-electron chi connectivity index (χ2n) is 2.94. The molecule has 1 aromatic rings. The summed E-state index contributed by atoms with van der Waals surface area (Å²) in [6, 6.07) is 2.09. The lowest BCUT2D eigenvalue weighted by Crippen LogP contribution is -1.98. The molecule has 0 saturated carbocycles. The molecule has 1 heterocycles. The number of Topliss-reactive ketones (excluding diaryl/α,β-unsaturated/α-hetero) is 1. The summed E-state index contributed by atoms with van der Waals surface area (Å²) in [7, 11) is 0. The third kappa shape index (κ3) is 1.36. The van der Waals surface area contributed by atoms with Crippen LogP contribution in [0.2, 0.25) is 0 Å². The Bertz CT molecular complexity index is 275. The third-order valence-corrected chi connectivity index (χ3v) is 3.11. The molecule has 0 spiro atoms. The van der Waals surface area contributed by atoms with E-state index in [0.717, 1.165) is 19.3 Å². The van der Waals surface area contributed by atoms with E-state index in [-0.39, 0.29) is 0 Å². The van der Waals surface area contributed by atoms with Gasteiger partial charge in [-0.15, -0.1) is 11.3 Å². The van der Waals surface area contributed by atoms with Crippen molar-refractivity contribution in [3.8, 4) is 0 Å². The number of ketones is 1. The van der Waals surface area contributed by atoms with Gasteiger partial charge in [0, 0.05) is 17.7 Å². The molecule has 0 unspecified atom stereocenters. The molecule has 2 heteroatoms. The predicted molar refractivity (Wildman–Crippen MR) is 46.0 cm³/mol. The zero-order valence-corrected chi connectivity index (χ0v) is 7.12. The molecule has 0 bridgehead atoms. The molecule has 0 aliphatic heterocycles. The van der Waals surface area contributed by atoms with Crippen molar-refractivity contribution in [1.29, 1.82) is 0 Å². The van der Waals surface area contributed by atoms with E-state index in [0.29, 0.717) is 12.2 Å². The Labute approximate surface area is 70.1 Å². The lowest BCUT2D eigenvalue weighted by molar-refractivity contribution is -0.118. The average molecular weight is 166 g/mol. The van der Waals surface area contributed by atoms with Gasteiger partial charge >= 0.3 is 0 Å². The summed E-state index contributed by atoms with van der Waals surface area (Å²) in [5, 5.41) is 2.09. The molecule has 58 valence electrons. The topological polar surface area (TPSA) is 17.1 Å². The van der Waals surface area contributed by atoms with Gasteiger partial charge in [-0.1, -0.05) is 0 Å². The molecular formula is C9H10OS. The largest absolute Gasteiger partial charge is 0.299 e. The van der Waals surface area contributed by atoms with Gasteiger partial charge in [-0.2, -0.15) is 0 Å². The zero-order valence-electron chi connectivity index (χ0n) is 6.30. The standard InChI is InChI=1S/C9H10OS/c10-8-2-1-3-9-7(6-8)4-5-11-9/h4-5H,1-3,6H2. The Balaban J connectivity index is 2.32. The first-order valence-electron chi connectivity index (χ1n) is 3.93. The molecule has 0 N–H and O–H groups in total. The number of hydrogen-bond acceptors (Lipinski definition) is 2. The highest BCUT2D eigenvalue weighted by atomic mass is 32.1. The van der Waals surface area contributed by atoms with Crippen molar-refractivity contribution >= 4 is 17.1 Å². The zero-order chi connectivity index (χ0) is 7.68. The lowest BCUT2D eigenvalue weighted by Gasteiger charge is -1.92. The Morgan fingerprint density at radius 1 is 1.36 bits per heavy atom. The normalized spacial score (nSPS) is 17.6. The maximum atomic E-state index is 11.1. The Morgan fingerprint density at radius 3 is 3.18 bits per heavy atom. The lowest BCUT2D eigenvalue weighted by atomic mass is 10.1. The van der Waals surface area contributed by atoms with Crippen molar-refractivity contribution in [3.05, 3.63) is 21.9 Å². The number of carbonyl (C=O) groups excluding carboxylic acids is 1. The number of rotatable bonds is 0. The minimum Gasteiger partial charge on any atom is -0.299 e. The van der Waals surface area contributed by atoms with Crippen LogP contribution in [0.25, 0.3) is 0 Å². The van der Waals surface area contributed by atoms with Crippen molar-refractivity contribution in [2.24, 2.45) is 0 Å². The Kier molecular flexibility index (Phi) is 1.78. The van der Waals surface area contributed by atoms with Crippen LogP contribution in [-0.2, 0) is 17.6 Å². The first-order valence-corrected chi connectivity index (χ1v) is 4.81. The number of fused-ring (bicyclic) bond motifs is 1. The molecule has 1 aliphatic carbocycles. The number of thiophene rings is 1. The van der Waals surface area contributed by atoms with Gasteiger partial charge in [0.1, 0.15) is 5.78 Å². The highest BCUT2D eigenvalue weighted by Crippen LogP contribution is 2.23. The van der Waals surface area contributed by atoms with Gasteiger partial charge in [-0.3, -0.25) is 4.79 Å². The summed E-state index contributed by atoms with van der Waals surface area (Å²) in [4.78, 5) is 12.6. The van der Waals surface area contributed by atoms with Crippen molar-refractivity contribution < 1.29 is 4.79 Å². The predicted octanol–water partition coefficient (Wildman–Crippen LogP) is 2.20. The summed E-state index contributed by atoms with van der Waals surface area (Å²) >= 11 is 1.79.